The molecule has 1 aliphatic heterocycles. The molecule has 132 valence electrons. The van der Waals surface area contributed by atoms with E-state index in [2.05, 4.69) is 27.7 Å². The van der Waals surface area contributed by atoms with Crippen LogP contribution in [0.1, 0.15) is 24.4 Å². The van der Waals surface area contributed by atoms with Crippen molar-refractivity contribution < 1.29 is 9.90 Å². The van der Waals surface area contributed by atoms with E-state index in [0.29, 0.717) is 0 Å². The Morgan fingerprint density at radius 1 is 1.04 bits per heavy atom. The fraction of sp³-hybridized carbons (Fsp3) is 0.350. The summed E-state index contributed by atoms with van der Waals surface area (Å²) in [6.45, 7) is 1.73. The summed E-state index contributed by atoms with van der Waals surface area (Å²) in [6, 6.07) is 19.4. The van der Waals surface area contributed by atoms with Gasteiger partial charge in [-0.25, -0.2) is 4.79 Å². The molecule has 0 saturated carbocycles. The number of urea groups is 1. The SMILES string of the molecule is O=C(NC1CCN(c2ccccc2)CC1)NC(CO)c1ccccc1. The molecule has 1 aliphatic rings. The van der Waals surface area contributed by atoms with Gasteiger partial charge >= 0.3 is 6.03 Å². The third-order valence-electron chi connectivity index (χ3n) is 4.64. The molecule has 2 amide bonds. The number of hydrogen-bond acceptors (Lipinski definition) is 3. The number of aliphatic hydroxyl groups excluding tert-OH is 1. The first-order valence-corrected chi connectivity index (χ1v) is 8.79. The van der Waals surface area contributed by atoms with Gasteiger partial charge in [0.25, 0.3) is 0 Å². The van der Waals surface area contributed by atoms with Crippen LogP contribution in [0.25, 0.3) is 0 Å². The Morgan fingerprint density at radius 3 is 2.24 bits per heavy atom. The Balaban J connectivity index is 1.47. The van der Waals surface area contributed by atoms with Crippen LogP contribution in [0.5, 0.6) is 0 Å². The van der Waals surface area contributed by atoms with E-state index in [0.717, 1.165) is 31.5 Å². The monoisotopic (exact) mass is 339 g/mol. The Hall–Kier alpha value is -2.53. The van der Waals surface area contributed by atoms with Crippen molar-refractivity contribution in [1.82, 2.24) is 10.6 Å². The predicted octanol–water partition coefficient (Wildman–Crippen LogP) is 2.69. The standard InChI is InChI=1S/C20H25N3O2/c24-15-19(16-7-3-1-4-8-16)22-20(25)21-17-11-13-23(14-12-17)18-9-5-2-6-10-18/h1-10,17,19,24H,11-15H2,(H2,21,22,25). The Labute approximate surface area is 148 Å². The van der Waals surface area contributed by atoms with Crippen LogP contribution in [0.4, 0.5) is 10.5 Å². The fourth-order valence-corrected chi connectivity index (χ4v) is 3.23. The quantitative estimate of drug-likeness (QED) is 0.785. The number of hydrogen-bond donors (Lipinski definition) is 3. The summed E-state index contributed by atoms with van der Waals surface area (Å²) in [5.74, 6) is 0. The lowest BCUT2D eigenvalue weighted by Gasteiger charge is -2.34. The largest absolute Gasteiger partial charge is 0.394 e. The minimum atomic E-state index is -0.384. The summed E-state index contributed by atoms with van der Waals surface area (Å²) in [5, 5.41) is 15.4. The minimum absolute atomic E-state index is 0.121. The average Bonchev–Trinajstić information content (AvgIpc) is 2.68. The maximum absolute atomic E-state index is 12.3. The number of anilines is 1. The van der Waals surface area contributed by atoms with Crippen LogP contribution < -0.4 is 15.5 Å². The zero-order chi connectivity index (χ0) is 17.5. The first kappa shape index (κ1) is 17.3. The smallest absolute Gasteiger partial charge is 0.315 e. The van der Waals surface area contributed by atoms with E-state index in [1.54, 1.807) is 0 Å². The zero-order valence-corrected chi connectivity index (χ0v) is 14.3. The van der Waals surface area contributed by atoms with E-state index in [1.165, 1.54) is 5.69 Å². The second-order valence-electron chi connectivity index (χ2n) is 6.36. The molecule has 1 unspecified atom stereocenters. The van der Waals surface area contributed by atoms with Crippen molar-refractivity contribution in [1.29, 1.82) is 0 Å². The molecule has 0 aliphatic carbocycles. The highest BCUT2D eigenvalue weighted by Gasteiger charge is 2.22. The maximum Gasteiger partial charge on any atom is 0.315 e. The van der Waals surface area contributed by atoms with E-state index >= 15 is 0 Å². The molecule has 1 saturated heterocycles. The molecule has 0 radical (unpaired) electrons. The number of carbonyl (C=O) groups is 1. The van der Waals surface area contributed by atoms with Gasteiger partial charge in [-0.1, -0.05) is 48.5 Å². The molecule has 1 fully saturated rings. The molecule has 5 nitrogen and oxygen atoms in total. The normalized spacial score (nSPS) is 16.3. The molecule has 0 spiro atoms. The molecule has 1 atom stereocenters. The minimum Gasteiger partial charge on any atom is -0.394 e. The van der Waals surface area contributed by atoms with E-state index < -0.39 is 0 Å². The van der Waals surface area contributed by atoms with Gasteiger partial charge in [0.15, 0.2) is 0 Å². The van der Waals surface area contributed by atoms with Crippen LogP contribution in [0.3, 0.4) is 0 Å². The number of piperidine rings is 1. The van der Waals surface area contributed by atoms with Gasteiger partial charge in [-0.3, -0.25) is 0 Å². The summed E-state index contributed by atoms with van der Waals surface area (Å²) in [6.07, 6.45) is 1.83. The van der Waals surface area contributed by atoms with Crippen molar-refractivity contribution in [3.05, 3.63) is 66.2 Å². The lowest BCUT2D eigenvalue weighted by molar-refractivity contribution is 0.212. The number of rotatable bonds is 5. The predicted molar refractivity (Wildman–Crippen MR) is 99.6 cm³/mol. The molecule has 3 rings (SSSR count). The highest BCUT2D eigenvalue weighted by Crippen LogP contribution is 2.19. The van der Waals surface area contributed by atoms with Gasteiger partial charge < -0.3 is 20.6 Å². The van der Waals surface area contributed by atoms with Crippen LogP contribution in [0, 0.1) is 0 Å². The van der Waals surface area contributed by atoms with E-state index in [4.69, 9.17) is 0 Å². The number of nitrogens with zero attached hydrogens (tertiary/aromatic N) is 1. The van der Waals surface area contributed by atoms with Crippen molar-refractivity contribution in [2.45, 2.75) is 24.9 Å². The van der Waals surface area contributed by atoms with Crippen molar-refractivity contribution in [2.75, 3.05) is 24.6 Å². The van der Waals surface area contributed by atoms with Crippen LogP contribution in [-0.4, -0.2) is 36.9 Å². The third-order valence-corrected chi connectivity index (χ3v) is 4.64. The van der Waals surface area contributed by atoms with Crippen molar-refractivity contribution in [3.63, 3.8) is 0 Å². The highest BCUT2D eigenvalue weighted by molar-refractivity contribution is 5.74. The van der Waals surface area contributed by atoms with Gasteiger partial charge in [-0.2, -0.15) is 0 Å². The average molecular weight is 339 g/mol. The molecule has 0 bridgehead atoms. The summed E-state index contributed by atoms with van der Waals surface area (Å²) < 4.78 is 0. The summed E-state index contributed by atoms with van der Waals surface area (Å²) in [4.78, 5) is 14.6. The van der Waals surface area contributed by atoms with Gasteiger partial charge in [0.2, 0.25) is 0 Å². The van der Waals surface area contributed by atoms with Crippen LogP contribution in [0.15, 0.2) is 60.7 Å². The molecule has 25 heavy (non-hydrogen) atoms. The number of aliphatic hydroxyl groups is 1. The van der Waals surface area contributed by atoms with Gasteiger partial charge in [-0.05, 0) is 30.5 Å². The Morgan fingerprint density at radius 2 is 1.64 bits per heavy atom. The molecular formula is C20H25N3O2. The van der Waals surface area contributed by atoms with Gasteiger partial charge in [0.1, 0.15) is 0 Å². The Bertz CT molecular complexity index is 655. The van der Waals surface area contributed by atoms with E-state index in [9.17, 15) is 9.90 Å². The third kappa shape index (κ3) is 4.73. The number of benzene rings is 2. The number of amides is 2. The summed E-state index contributed by atoms with van der Waals surface area (Å²) in [5.41, 5.74) is 2.13. The van der Waals surface area contributed by atoms with Gasteiger partial charge in [0, 0.05) is 24.8 Å². The highest BCUT2D eigenvalue weighted by atomic mass is 16.3. The molecule has 2 aromatic rings. The van der Waals surface area contributed by atoms with E-state index in [-0.39, 0.29) is 24.7 Å². The molecule has 2 aromatic carbocycles. The molecule has 1 heterocycles. The molecule has 5 heteroatoms. The summed E-state index contributed by atoms with van der Waals surface area (Å²) in [7, 11) is 0. The Kier molecular flexibility index (Phi) is 5.90. The van der Waals surface area contributed by atoms with Crippen LogP contribution >= 0.6 is 0 Å². The van der Waals surface area contributed by atoms with Crippen molar-refractivity contribution >= 4 is 11.7 Å². The first-order chi connectivity index (χ1) is 12.3. The second kappa shape index (κ2) is 8.53. The van der Waals surface area contributed by atoms with Crippen LogP contribution in [0.2, 0.25) is 0 Å². The van der Waals surface area contributed by atoms with Crippen molar-refractivity contribution in [3.8, 4) is 0 Å². The number of nitrogens with one attached hydrogen (secondary N) is 2. The fourth-order valence-electron chi connectivity index (χ4n) is 3.23. The van der Waals surface area contributed by atoms with Gasteiger partial charge in [0.05, 0.1) is 12.6 Å². The van der Waals surface area contributed by atoms with Crippen LogP contribution in [-0.2, 0) is 0 Å². The topological polar surface area (TPSA) is 64.6 Å². The first-order valence-electron chi connectivity index (χ1n) is 8.79. The summed E-state index contributed by atoms with van der Waals surface area (Å²) >= 11 is 0. The molecule has 3 N–H and O–H groups in total. The number of para-hydroxylation sites is 1. The van der Waals surface area contributed by atoms with Gasteiger partial charge in [-0.15, -0.1) is 0 Å². The molecular weight excluding hydrogens is 314 g/mol. The zero-order valence-electron chi connectivity index (χ0n) is 14.3. The lowest BCUT2D eigenvalue weighted by atomic mass is 10.0. The van der Waals surface area contributed by atoms with Crippen molar-refractivity contribution in [2.24, 2.45) is 0 Å². The second-order valence-corrected chi connectivity index (χ2v) is 6.36. The lowest BCUT2D eigenvalue weighted by Crippen LogP contribution is -2.49. The van der Waals surface area contributed by atoms with E-state index in [1.807, 2.05) is 48.5 Å². The molecule has 0 aromatic heterocycles. The number of carbonyl (C=O) groups excluding carboxylic acids is 1. The maximum atomic E-state index is 12.3.